The summed E-state index contributed by atoms with van der Waals surface area (Å²) in [5.41, 5.74) is 0. The summed E-state index contributed by atoms with van der Waals surface area (Å²) in [5.74, 6) is -0.941. The molecule has 0 amide bonds. The Balaban J connectivity index is 4.49. The maximum Gasteiger partial charge on any atom is 0.306 e. The topological polar surface area (TPSA) is 78.9 Å². The fraction of sp³-hybridized carbons (Fsp3) is 0.603. The number of carbonyl (C=O) groups is 3. The van der Waals surface area contributed by atoms with Crippen LogP contribution in [0.5, 0.6) is 0 Å². The predicted octanol–water partition coefficient (Wildman–Crippen LogP) is 22.1. The zero-order valence-electron chi connectivity index (χ0n) is 50.8. The van der Waals surface area contributed by atoms with E-state index in [-0.39, 0.29) is 31.1 Å². The van der Waals surface area contributed by atoms with Crippen LogP contribution in [0.2, 0.25) is 0 Å². The van der Waals surface area contributed by atoms with Gasteiger partial charge in [-0.2, -0.15) is 0 Å². The molecule has 0 heterocycles. The van der Waals surface area contributed by atoms with Crippen molar-refractivity contribution >= 4 is 17.9 Å². The number of esters is 3. The quantitative estimate of drug-likeness (QED) is 0.0261. The van der Waals surface area contributed by atoms with Gasteiger partial charge in [-0.25, -0.2) is 0 Å². The maximum atomic E-state index is 12.9. The van der Waals surface area contributed by atoms with Gasteiger partial charge in [-0.1, -0.05) is 262 Å². The molecule has 0 N–H and O–H groups in total. The van der Waals surface area contributed by atoms with Gasteiger partial charge in [-0.3, -0.25) is 14.4 Å². The molecule has 0 radical (unpaired) electrons. The Morgan fingerprint density at radius 2 is 0.456 bits per heavy atom. The van der Waals surface area contributed by atoms with Crippen molar-refractivity contribution in [3.05, 3.63) is 158 Å². The first-order chi connectivity index (χ1) is 39.0. The van der Waals surface area contributed by atoms with Gasteiger partial charge < -0.3 is 14.2 Å². The molecule has 0 aliphatic heterocycles. The number of unbranched alkanes of at least 4 members (excludes halogenated alkanes) is 19. The summed E-state index contributed by atoms with van der Waals surface area (Å²) < 4.78 is 16.9. The molecule has 1 unspecified atom stereocenters. The van der Waals surface area contributed by atoms with Gasteiger partial charge in [0.1, 0.15) is 13.2 Å². The third-order valence-electron chi connectivity index (χ3n) is 13.0. The molecule has 0 rings (SSSR count). The molecule has 6 heteroatoms. The Kier molecular flexibility index (Phi) is 61.4. The highest BCUT2D eigenvalue weighted by Crippen LogP contribution is 2.14. The van der Waals surface area contributed by atoms with Crippen LogP contribution in [0.15, 0.2) is 158 Å². The second-order valence-electron chi connectivity index (χ2n) is 20.5. The summed E-state index contributed by atoms with van der Waals surface area (Å²) in [6.45, 7) is 6.27. The Morgan fingerprint density at radius 1 is 0.253 bits per heavy atom. The van der Waals surface area contributed by atoms with Crippen molar-refractivity contribution in [2.24, 2.45) is 0 Å². The average molecular weight is 1090 g/mol. The van der Waals surface area contributed by atoms with Crippen molar-refractivity contribution in [2.45, 2.75) is 271 Å². The van der Waals surface area contributed by atoms with Crippen molar-refractivity contribution in [1.29, 1.82) is 0 Å². The number of carbonyl (C=O) groups excluding carboxylic acids is 3. The second-order valence-corrected chi connectivity index (χ2v) is 20.5. The van der Waals surface area contributed by atoms with E-state index in [1.165, 1.54) is 51.4 Å². The van der Waals surface area contributed by atoms with E-state index in [2.05, 4.69) is 179 Å². The molecule has 6 nitrogen and oxygen atoms in total. The molecule has 0 aliphatic carbocycles. The van der Waals surface area contributed by atoms with E-state index in [1.54, 1.807) is 0 Å². The average Bonchev–Trinajstić information content (AvgIpc) is 3.45. The van der Waals surface area contributed by atoms with Crippen molar-refractivity contribution in [3.8, 4) is 0 Å². The van der Waals surface area contributed by atoms with E-state index >= 15 is 0 Å². The van der Waals surface area contributed by atoms with Crippen LogP contribution in [-0.2, 0) is 28.6 Å². The largest absolute Gasteiger partial charge is 0.462 e. The monoisotopic (exact) mass is 1090 g/mol. The van der Waals surface area contributed by atoms with Gasteiger partial charge >= 0.3 is 17.9 Å². The Bertz CT molecular complexity index is 1780. The molecule has 1 atom stereocenters. The molecule has 0 saturated carbocycles. The minimum absolute atomic E-state index is 0.101. The first-order valence-electron chi connectivity index (χ1n) is 32.0. The third-order valence-corrected chi connectivity index (χ3v) is 13.0. The lowest BCUT2D eigenvalue weighted by molar-refractivity contribution is -0.167. The minimum Gasteiger partial charge on any atom is -0.462 e. The second kappa shape index (κ2) is 65.5. The molecule has 444 valence electrons. The fourth-order valence-electron chi connectivity index (χ4n) is 8.33. The number of rotatable bonds is 56. The molecule has 0 aromatic heterocycles. The van der Waals surface area contributed by atoms with Crippen LogP contribution in [0.1, 0.15) is 265 Å². The molecule has 0 aliphatic rings. The van der Waals surface area contributed by atoms with Gasteiger partial charge in [0, 0.05) is 19.3 Å². The van der Waals surface area contributed by atoms with Gasteiger partial charge in [-0.05, 0) is 141 Å². The summed E-state index contributed by atoms with van der Waals surface area (Å²) in [5, 5.41) is 0. The first-order valence-corrected chi connectivity index (χ1v) is 32.0. The van der Waals surface area contributed by atoms with E-state index in [9.17, 15) is 14.4 Å². The molecule has 79 heavy (non-hydrogen) atoms. The molecule has 0 aromatic carbocycles. The highest BCUT2D eigenvalue weighted by molar-refractivity contribution is 5.71. The number of ether oxygens (including phenoxy) is 3. The molecule has 0 fully saturated rings. The van der Waals surface area contributed by atoms with Crippen LogP contribution >= 0.6 is 0 Å². The molecular formula is C73H116O6. The van der Waals surface area contributed by atoms with Crippen LogP contribution < -0.4 is 0 Å². The molecule has 0 spiro atoms. The van der Waals surface area contributed by atoms with E-state index < -0.39 is 6.10 Å². The van der Waals surface area contributed by atoms with E-state index in [0.29, 0.717) is 19.3 Å². The number of allylic oxidation sites excluding steroid dienone is 26. The standard InChI is InChI=1S/C73H116O6/c1-4-7-10-13-16-19-22-25-28-31-34-35-36-37-40-42-45-48-51-54-57-60-63-66-72(75)78-69-70(79-73(76)67-64-61-58-55-52-49-46-43-39-33-30-27-24-21-18-15-12-9-6-3)68-77-71(74)65-62-59-56-53-50-47-44-41-38-32-29-26-23-20-17-14-11-8-5-2/h7-12,16-21,25-30,34-35,37-41,43,70H,4-6,13-15,22-24,31-33,36,42,44-69H2,1-3H3/b10-7-,11-8-,12-9-,19-16-,20-17-,21-18-,28-25-,29-26-,30-27-,35-34-,40-37-,41-38-,43-39-. The number of hydrogen-bond donors (Lipinski definition) is 0. The lowest BCUT2D eigenvalue weighted by Gasteiger charge is -2.18. The van der Waals surface area contributed by atoms with Gasteiger partial charge in [0.2, 0.25) is 0 Å². The van der Waals surface area contributed by atoms with Gasteiger partial charge in [-0.15, -0.1) is 0 Å². The summed E-state index contributed by atoms with van der Waals surface area (Å²) >= 11 is 0. The van der Waals surface area contributed by atoms with Gasteiger partial charge in [0.25, 0.3) is 0 Å². The number of hydrogen-bond acceptors (Lipinski definition) is 6. The highest BCUT2D eigenvalue weighted by atomic mass is 16.6. The summed E-state index contributed by atoms with van der Waals surface area (Å²) in [4.78, 5) is 38.4. The minimum atomic E-state index is -0.807. The van der Waals surface area contributed by atoms with Crippen LogP contribution in [0.25, 0.3) is 0 Å². The zero-order valence-corrected chi connectivity index (χ0v) is 50.8. The van der Waals surface area contributed by atoms with Crippen LogP contribution in [0.4, 0.5) is 0 Å². The maximum absolute atomic E-state index is 12.9. The predicted molar refractivity (Wildman–Crippen MR) is 343 cm³/mol. The Hall–Kier alpha value is -4.97. The van der Waals surface area contributed by atoms with E-state index in [4.69, 9.17) is 14.2 Å². The molecule has 0 aromatic rings. The SMILES string of the molecule is CC/C=C\C/C=C\C/C=C\C/C=C\C/C=C\CCCCCCCCCC(=O)OCC(COC(=O)CCCCCCCC/C=C\C/C=C\C/C=C\C/C=C\CC)OC(=O)CCCCCCCC/C=C\C/C=C\C/C=C\C/C=C\CC. The summed E-state index contributed by atoms with van der Waals surface area (Å²) in [7, 11) is 0. The molecular weight excluding hydrogens is 973 g/mol. The normalized spacial score (nSPS) is 13.2. The Morgan fingerprint density at radius 3 is 0.709 bits per heavy atom. The van der Waals surface area contributed by atoms with E-state index in [1.807, 2.05) is 0 Å². The van der Waals surface area contributed by atoms with Crippen molar-refractivity contribution in [2.75, 3.05) is 13.2 Å². The van der Waals surface area contributed by atoms with Gasteiger partial charge in [0.15, 0.2) is 6.10 Å². The molecule has 0 bridgehead atoms. The third kappa shape index (κ3) is 63.7. The summed E-state index contributed by atoms with van der Waals surface area (Å²) in [6, 6.07) is 0. The van der Waals surface area contributed by atoms with Crippen LogP contribution in [0.3, 0.4) is 0 Å². The molecule has 0 saturated heterocycles. The van der Waals surface area contributed by atoms with Crippen molar-refractivity contribution in [3.63, 3.8) is 0 Å². The Labute approximate surface area is 486 Å². The van der Waals surface area contributed by atoms with Crippen LogP contribution in [0, 0.1) is 0 Å². The zero-order chi connectivity index (χ0) is 57.1. The first kappa shape index (κ1) is 74.0. The lowest BCUT2D eigenvalue weighted by Crippen LogP contribution is -2.30. The van der Waals surface area contributed by atoms with Crippen LogP contribution in [-0.4, -0.2) is 37.2 Å². The summed E-state index contributed by atoms with van der Waals surface area (Å²) in [6.07, 6.45) is 95.2. The van der Waals surface area contributed by atoms with Gasteiger partial charge in [0.05, 0.1) is 0 Å². The highest BCUT2D eigenvalue weighted by Gasteiger charge is 2.19. The lowest BCUT2D eigenvalue weighted by atomic mass is 10.1. The smallest absolute Gasteiger partial charge is 0.306 e. The van der Waals surface area contributed by atoms with E-state index in [0.717, 1.165) is 173 Å². The van der Waals surface area contributed by atoms with Crippen molar-refractivity contribution in [1.82, 2.24) is 0 Å². The fourth-order valence-corrected chi connectivity index (χ4v) is 8.33. The van der Waals surface area contributed by atoms with Crippen molar-refractivity contribution < 1.29 is 28.6 Å².